The zero-order chi connectivity index (χ0) is 46.1. The number of hydrogen-bond donors (Lipinski definition) is 0. The molecule has 0 rings (SSSR count). The first kappa shape index (κ1) is 61.4. The molecule has 0 aromatic heterocycles. The minimum absolute atomic E-state index is 0.0632. The molecule has 0 N–H and O–H groups in total. The molecule has 0 saturated heterocycles. The summed E-state index contributed by atoms with van der Waals surface area (Å²) in [7, 11) is 0. The Balaban J connectivity index is 4.25. The van der Waals surface area contributed by atoms with Crippen molar-refractivity contribution in [2.75, 3.05) is 13.2 Å². The van der Waals surface area contributed by atoms with Crippen LogP contribution in [0.3, 0.4) is 0 Å². The summed E-state index contributed by atoms with van der Waals surface area (Å²) < 4.78 is 16.9. The Morgan fingerprint density at radius 2 is 0.524 bits per heavy atom. The van der Waals surface area contributed by atoms with E-state index in [4.69, 9.17) is 14.2 Å². The third-order valence-electron chi connectivity index (χ3n) is 13.0. The fourth-order valence-corrected chi connectivity index (χ4v) is 8.70. The summed E-state index contributed by atoms with van der Waals surface area (Å²) in [6.45, 7) is 11.4. The molecule has 0 heterocycles. The molecular weight excluding hydrogens is 781 g/mol. The molecule has 374 valence electrons. The molecule has 0 bridgehead atoms. The first-order valence-electron chi connectivity index (χ1n) is 28.2. The molecule has 0 aromatic carbocycles. The molecule has 63 heavy (non-hydrogen) atoms. The number of carbonyl (C=O) groups is 3. The van der Waals surface area contributed by atoms with Gasteiger partial charge in [0.2, 0.25) is 0 Å². The highest BCUT2D eigenvalue weighted by Gasteiger charge is 2.19. The first-order chi connectivity index (χ1) is 30.7. The van der Waals surface area contributed by atoms with Crippen LogP contribution in [0, 0.1) is 11.8 Å². The summed E-state index contributed by atoms with van der Waals surface area (Å²) in [5.74, 6) is 0.806. The Bertz CT molecular complexity index is 962. The molecule has 0 saturated carbocycles. The molecule has 1 atom stereocenters. The van der Waals surface area contributed by atoms with Gasteiger partial charge in [0.1, 0.15) is 13.2 Å². The van der Waals surface area contributed by atoms with E-state index in [2.05, 4.69) is 34.6 Å². The van der Waals surface area contributed by atoms with Gasteiger partial charge >= 0.3 is 17.9 Å². The normalized spacial score (nSPS) is 12.0. The minimum atomic E-state index is -0.762. The van der Waals surface area contributed by atoms with Crippen molar-refractivity contribution >= 4 is 17.9 Å². The van der Waals surface area contributed by atoms with E-state index in [-0.39, 0.29) is 31.1 Å². The Morgan fingerprint density at radius 1 is 0.302 bits per heavy atom. The molecule has 6 heteroatoms. The van der Waals surface area contributed by atoms with E-state index in [0.29, 0.717) is 19.3 Å². The number of rotatable bonds is 51. The maximum absolute atomic E-state index is 12.8. The molecule has 0 aromatic rings. The molecule has 0 aliphatic carbocycles. The van der Waals surface area contributed by atoms with Crippen LogP contribution >= 0.6 is 0 Å². The van der Waals surface area contributed by atoms with E-state index >= 15 is 0 Å². The van der Waals surface area contributed by atoms with E-state index in [0.717, 1.165) is 69.6 Å². The summed E-state index contributed by atoms with van der Waals surface area (Å²) >= 11 is 0. The Kier molecular flexibility index (Phi) is 48.6. The second-order valence-corrected chi connectivity index (χ2v) is 20.5. The first-order valence-corrected chi connectivity index (χ1v) is 28.2. The highest BCUT2D eigenvalue weighted by molar-refractivity contribution is 5.71. The van der Waals surface area contributed by atoms with Crippen LogP contribution in [0.1, 0.15) is 317 Å². The molecule has 0 aliphatic rings. The molecule has 0 fully saturated rings. The van der Waals surface area contributed by atoms with Gasteiger partial charge in [-0.1, -0.05) is 279 Å². The lowest BCUT2D eigenvalue weighted by atomic mass is 10.0. The van der Waals surface area contributed by atoms with Gasteiger partial charge in [-0.3, -0.25) is 14.4 Å². The van der Waals surface area contributed by atoms with Gasteiger partial charge in [-0.05, 0) is 31.1 Å². The Hall–Kier alpha value is -1.59. The van der Waals surface area contributed by atoms with Crippen LogP contribution in [0.15, 0.2) is 0 Å². The highest BCUT2D eigenvalue weighted by atomic mass is 16.6. The van der Waals surface area contributed by atoms with Crippen molar-refractivity contribution in [1.29, 1.82) is 0 Å². The van der Waals surface area contributed by atoms with Gasteiger partial charge in [-0.2, -0.15) is 0 Å². The zero-order valence-corrected chi connectivity index (χ0v) is 43.2. The molecule has 6 nitrogen and oxygen atoms in total. The van der Waals surface area contributed by atoms with Crippen LogP contribution in [-0.4, -0.2) is 37.2 Å². The van der Waals surface area contributed by atoms with Crippen LogP contribution < -0.4 is 0 Å². The van der Waals surface area contributed by atoms with Crippen LogP contribution in [-0.2, 0) is 28.6 Å². The van der Waals surface area contributed by atoms with Crippen LogP contribution in [0.2, 0.25) is 0 Å². The van der Waals surface area contributed by atoms with Gasteiger partial charge < -0.3 is 14.2 Å². The smallest absolute Gasteiger partial charge is 0.306 e. The topological polar surface area (TPSA) is 78.9 Å². The van der Waals surface area contributed by atoms with Crippen LogP contribution in [0.25, 0.3) is 0 Å². The number of ether oxygens (including phenoxy) is 3. The molecule has 0 aliphatic heterocycles. The zero-order valence-electron chi connectivity index (χ0n) is 43.2. The van der Waals surface area contributed by atoms with Gasteiger partial charge in [0.05, 0.1) is 0 Å². The summed E-state index contributed by atoms with van der Waals surface area (Å²) in [5, 5.41) is 0. The summed E-state index contributed by atoms with van der Waals surface area (Å²) in [4.78, 5) is 38.0. The van der Waals surface area contributed by atoms with Gasteiger partial charge in [0.25, 0.3) is 0 Å². The lowest BCUT2D eigenvalue weighted by Crippen LogP contribution is -2.30. The highest BCUT2D eigenvalue weighted by Crippen LogP contribution is 2.18. The molecule has 0 amide bonds. The van der Waals surface area contributed by atoms with Crippen LogP contribution in [0.4, 0.5) is 0 Å². The molecule has 0 radical (unpaired) electrons. The second kappa shape index (κ2) is 49.8. The van der Waals surface area contributed by atoms with E-state index in [1.54, 1.807) is 0 Å². The second-order valence-electron chi connectivity index (χ2n) is 20.5. The minimum Gasteiger partial charge on any atom is -0.462 e. The van der Waals surface area contributed by atoms with Gasteiger partial charge in [0.15, 0.2) is 6.10 Å². The lowest BCUT2D eigenvalue weighted by molar-refractivity contribution is -0.167. The van der Waals surface area contributed by atoms with E-state index < -0.39 is 6.10 Å². The number of carbonyl (C=O) groups excluding carboxylic acids is 3. The molecule has 0 unspecified atom stereocenters. The maximum atomic E-state index is 12.8. The van der Waals surface area contributed by atoms with Crippen LogP contribution in [0.5, 0.6) is 0 Å². The fourth-order valence-electron chi connectivity index (χ4n) is 8.70. The standard InChI is InChI=1S/C57H110O6/c1-6-7-8-9-10-11-12-13-16-21-24-27-34-39-44-49-57(60)63-54(51-62-56(59)48-43-38-33-29-28-31-36-41-46-53(4)5)50-61-55(58)47-42-37-32-26-23-20-18-15-14-17-19-22-25-30-35-40-45-52(2)3/h52-54H,6-51H2,1-5H3/t54-/m1/s1. The van der Waals surface area contributed by atoms with Crippen molar-refractivity contribution in [1.82, 2.24) is 0 Å². The summed E-state index contributed by atoms with van der Waals surface area (Å²) in [5.41, 5.74) is 0. The largest absolute Gasteiger partial charge is 0.462 e. The third-order valence-corrected chi connectivity index (χ3v) is 13.0. The van der Waals surface area contributed by atoms with Gasteiger partial charge in [-0.15, -0.1) is 0 Å². The van der Waals surface area contributed by atoms with Crippen molar-refractivity contribution in [3.8, 4) is 0 Å². The van der Waals surface area contributed by atoms with Crippen molar-refractivity contribution in [2.45, 2.75) is 323 Å². The average molecular weight is 892 g/mol. The van der Waals surface area contributed by atoms with Crippen molar-refractivity contribution in [3.63, 3.8) is 0 Å². The lowest BCUT2D eigenvalue weighted by Gasteiger charge is -2.18. The van der Waals surface area contributed by atoms with Crippen molar-refractivity contribution in [3.05, 3.63) is 0 Å². The Morgan fingerprint density at radius 3 is 0.778 bits per heavy atom. The molecule has 0 spiro atoms. The predicted molar refractivity (Wildman–Crippen MR) is 270 cm³/mol. The summed E-state index contributed by atoms with van der Waals surface area (Å²) in [6.07, 6.45) is 52.4. The fraction of sp³-hybridized carbons (Fsp3) is 0.947. The number of esters is 3. The number of hydrogen-bond acceptors (Lipinski definition) is 6. The van der Waals surface area contributed by atoms with Crippen molar-refractivity contribution < 1.29 is 28.6 Å². The van der Waals surface area contributed by atoms with Crippen molar-refractivity contribution in [2.24, 2.45) is 11.8 Å². The Labute approximate surface area is 393 Å². The van der Waals surface area contributed by atoms with E-state index in [1.807, 2.05) is 0 Å². The van der Waals surface area contributed by atoms with Gasteiger partial charge in [0, 0.05) is 19.3 Å². The SMILES string of the molecule is CCCCCCCCCCCCCCCCCC(=O)O[C@H](COC(=O)CCCCCCCCCCCCCCCCCCC(C)C)COC(=O)CCCCCCCCCCC(C)C. The predicted octanol–water partition coefficient (Wildman–Crippen LogP) is 18.5. The van der Waals surface area contributed by atoms with Gasteiger partial charge in [-0.25, -0.2) is 0 Å². The van der Waals surface area contributed by atoms with E-state index in [9.17, 15) is 14.4 Å². The quantitative estimate of drug-likeness (QED) is 0.0344. The third kappa shape index (κ3) is 51.3. The van der Waals surface area contributed by atoms with E-state index in [1.165, 1.54) is 205 Å². The molecular formula is C57H110O6. The number of unbranched alkanes of at least 4 members (excludes halogenated alkanes) is 36. The monoisotopic (exact) mass is 891 g/mol. The maximum Gasteiger partial charge on any atom is 0.306 e. The average Bonchev–Trinajstić information content (AvgIpc) is 3.25. The summed E-state index contributed by atoms with van der Waals surface area (Å²) in [6, 6.07) is 0.